The molecule has 0 rings (SSSR count). The van der Waals surface area contributed by atoms with Gasteiger partial charge in [-0.05, 0) is 11.5 Å². The van der Waals surface area contributed by atoms with Gasteiger partial charge in [0, 0.05) is 0 Å². The molecule has 0 heterocycles. The SMILES string of the molecule is CC(C)(C)[Si](C)(C)C(CCS(=O)(=O)O)S(=O)(=O)O.[H-].[Li+]. The minimum absolute atomic E-state index is 0. The average molecular weight is 326 g/mol. The third-order valence-corrected chi connectivity index (χ3v) is 13.9. The monoisotopic (exact) mass is 326 g/mol. The van der Waals surface area contributed by atoms with Crippen LogP contribution in [0.2, 0.25) is 18.1 Å². The third kappa shape index (κ3) is 6.75. The minimum atomic E-state index is -4.34. The van der Waals surface area contributed by atoms with Crippen molar-refractivity contribution in [3.8, 4) is 0 Å². The molecule has 0 bridgehead atoms. The number of hydrogen-bond donors (Lipinski definition) is 2. The molecule has 0 saturated carbocycles. The first-order valence-electron chi connectivity index (χ1n) is 5.50. The molecule has 10 heteroatoms. The van der Waals surface area contributed by atoms with E-state index < -0.39 is 38.9 Å². The van der Waals surface area contributed by atoms with Gasteiger partial charge < -0.3 is 1.43 Å². The van der Waals surface area contributed by atoms with Gasteiger partial charge in [-0.25, -0.2) is 0 Å². The van der Waals surface area contributed by atoms with Crippen molar-refractivity contribution in [1.29, 1.82) is 0 Å². The van der Waals surface area contributed by atoms with E-state index in [1.807, 2.05) is 20.8 Å². The Morgan fingerprint density at radius 2 is 1.47 bits per heavy atom. The first-order valence-corrected chi connectivity index (χ1v) is 11.7. The van der Waals surface area contributed by atoms with E-state index in [0.29, 0.717) is 0 Å². The molecule has 6 nitrogen and oxygen atoms in total. The molecule has 0 fully saturated rings. The Kier molecular flexibility index (Phi) is 7.61. The van der Waals surface area contributed by atoms with Crippen LogP contribution in [0.5, 0.6) is 0 Å². The van der Waals surface area contributed by atoms with Crippen LogP contribution in [-0.4, -0.2) is 44.6 Å². The topological polar surface area (TPSA) is 109 Å². The van der Waals surface area contributed by atoms with Crippen LogP contribution in [0.4, 0.5) is 0 Å². The Balaban J connectivity index is -0.00000144. The summed E-state index contributed by atoms with van der Waals surface area (Å²) in [4.78, 5) is -1.12. The maximum atomic E-state index is 11.5. The van der Waals surface area contributed by atoms with E-state index in [2.05, 4.69) is 0 Å². The van der Waals surface area contributed by atoms with Crippen molar-refractivity contribution >= 4 is 28.3 Å². The molecule has 19 heavy (non-hydrogen) atoms. The van der Waals surface area contributed by atoms with Crippen LogP contribution < -0.4 is 18.9 Å². The van der Waals surface area contributed by atoms with Gasteiger partial charge in [-0.2, -0.15) is 16.8 Å². The average Bonchev–Trinajstić information content (AvgIpc) is 1.95. The van der Waals surface area contributed by atoms with E-state index in [1.165, 1.54) is 0 Å². The molecule has 0 aliphatic rings. The second-order valence-electron chi connectivity index (χ2n) is 6.05. The molecular weight excluding hydrogens is 303 g/mol. The van der Waals surface area contributed by atoms with Gasteiger partial charge >= 0.3 is 18.9 Å². The van der Waals surface area contributed by atoms with Crippen LogP contribution in [-0.2, 0) is 20.2 Å². The van der Waals surface area contributed by atoms with E-state index in [-0.39, 0.29) is 31.7 Å². The van der Waals surface area contributed by atoms with Gasteiger partial charge in [0.15, 0.2) is 0 Å². The maximum absolute atomic E-state index is 11.5. The number of hydrogen-bond acceptors (Lipinski definition) is 4. The summed E-state index contributed by atoms with van der Waals surface area (Å²) in [6.07, 6.45) is -0.284. The Labute approximate surface area is 130 Å². The molecular formula is C9H23LiO6S2Si. The summed E-state index contributed by atoms with van der Waals surface area (Å²) in [5.41, 5.74) is 0. The van der Waals surface area contributed by atoms with Crippen molar-refractivity contribution in [3.63, 3.8) is 0 Å². The quantitative estimate of drug-likeness (QED) is 0.479. The standard InChI is InChI=1S/C9H22O6S2Si.Li.H/c1-9(2,3)18(4,5)8(17(13,14)15)6-7-16(10,11)12;;/h8H,6-7H2,1-5H3,(H,10,11,12)(H,13,14,15);;/q;+1;-1. The summed E-state index contributed by atoms with van der Waals surface area (Å²) >= 11 is 0. The zero-order valence-corrected chi connectivity index (χ0v) is 15.0. The first-order chi connectivity index (χ1) is 7.59. The molecule has 0 saturated heterocycles. The molecule has 1 unspecified atom stereocenters. The Bertz CT molecular complexity index is 497. The van der Waals surface area contributed by atoms with Crippen molar-refractivity contribution in [2.24, 2.45) is 0 Å². The summed E-state index contributed by atoms with van der Waals surface area (Å²) in [5, 5.41) is -0.327. The largest absolute Gasteiger partial charge is 1.00 e. The summed E-state index contributed by atoms with van der Waals surface area (Å²) in [6, 6.07) is 0. The molecule has 0 aromatic heterocycles. The van der Waals surface area contributed by atoms with Crippen LogP contribution in [0, 0.1) is 0 Å². The van der Waals surface area contributed by atoms with Crippen LogP contribution in [0.3, 0.4) is 0 Å². The van der Waals surface area contributed by atoms with Crippen molar-refractivity contribution in [3.05, 3.63) is 0 Å². The second kappa shape index (κ2) is 6.60. The molecule has 2 N–H and O–H groups in total. The summed E-state index contributed by atoms with van der Waals surface area (Å²) in [5.74, 6) is -0.663. The van der Waals surface area contributed by atoms with E-state index in [0.717, 1.165) is 0 Å². The fourth-order valence-corrected chi connectivity index (χ4v) is 8.80. The smallest absolute Gasteiger partial charge is 1.00 e. The van der Waals surface area contributed by atoms with Gasteiger partial charge in [0.25, 0.3) is 20.2 Å². The van der Waals surface area contributed by atoms with Crippen molar-refractivity contribution in [1.82, 2.24) is 0 Å². The van der Waals surface area contributed by atoms with Gasteiger partial charge in [-0.15, -0.1) is 0 Å². The van der Waals surface area contributed by atoms with Gasteiger partial charge in [0.2, 0.25) is 0 Å². The van der Waals surface area contributed by atoms with Gasteiger partial charge in [-0.3, -0.25) is 9.11 Å². The van der Waals surface area contributed by atoms with E-state index >= 15 is 0 Å². The van der Waals surface area contributed by atoms with E-state index in [9.17, 15) is 21.4 Å². The molecule has 1 atom stereocenters. The molecule has 0 aliphatic heterocycles. The minimum Gasteiger partial charge on any atom is -1.00 e. The van der Waals surface area contributed by atoms with E-state index in [1.54, 1.807) is 13.1 Å². The van der Waals surface area contributed by atoms with Crippen LogP contribution in [0.1, 0.15) is 28.6 Å². The molecule has 0 amide bonds. The molecule has 112 valence electrons. The van der Waals surface area contributed by atoms with Crippen LogP contribution >= 0.6 is 0 Å². The molecule has 0 aromatic carbocycles. The third-order valence-electron chi connectivity index (χ3n) is 3.74. The first kappa shape index (κ1) is 21.9. The van der Waals surface area contributed by atoms with Gasteiger partial charge in [0.1, 0.15) is 0 Å². The summed E-state index contributed by atoms with van der Waals surface area (Å²) in [7, 11) is -11.1. The predicted molar refractivity (Wildman–Crippen MR) is 74.7 cm³/mol. The van der Waals surface area contributed by atoms with Crippen LogP contribution in [0.25, 0.3) is 0 Å². The Hall–Kier alpha value is 0.634. The predicted octanol–water partition coefficient (Wildman–Crippen LogP) is -1.32. The Morgan fingerprint density at radius 3 is 1.68 bits per heavy atom. The second-order valence-corrected chi connectivity index (χ2v) is 15.3. The van der Waals surface area contributed by atoms with E-state index in [4.69, 9.17) is 4.55 Å². The fraction of sp³-hybridized carbons (Fsp3) is 1.00. The fourth-order valence-electron chi connectivity index (χ4n) is 1.62. The summed E-state index contributed by atoms with van der Waals surface area (Å²) < 4.78 is 62.4. The summed E-state index contributed by atoms with van der Waals surface area (Å²) in [6.45, 7) is 9.17. The van der Waals surface area contributed by atoms with Gasteiger partial charge in [-0.1, -0.05) is 33.9 Å². The van der Waals surface area contributed by atoms with Crippen molar-refractivity contribution < 1.29 is 46.2 Å². The molecule has 0 radical (unpaired) electrons. The zero-order valence-electron chi connectivity index (χ0n) is 13.3. The molecule has 0 aromatic rings. The zero-order chi connectivity index (χ0) is 15.0. The number of rotatable bonds is 5. The van der Waals surface area contributed by atoms with Gasteiger partial charge in [0.05, 0.1) is 18.7 Å². The Morgan fingerprint density at radius 1 is 1.11 bits per heavy atom. The van der Waals surface area contributed by atoms with Crippen molar-refractivity contribution in [2.75, 3.05) is 5.75 Å². The van der Waals surface area contributed by atoms with Crippen molar-refractivity contribution in [2.45, 2.75) is 50.2 Å². The molecule has 0 aliphatic carbocycles. The maximum Gasteiger partial charge on any atom is 1.00 e. The molecule has 0 spiro atoms. The van der Waals surface area contributed by atoms with Crippen LogP contribution in [0.15, 0.2) is 0 Å². The normalized spacial score (nSPS) is 15.7.